The molecule has 4 aromatic rings. The average molecular weight is 416 g/mol. The summed E-state index contributed by atoms with van der Waals surface area (Å²) in [6.07, 6.45) is 5.11. The summed E-state index contributed by atoms with van der Waals surface area (Å²) in [5.41, 5.74) is 3.96. The number of likely N-dealkylation sites (N-methyl/N-ethyl adjacent to an activating group) is 1. The molecule has 156 valence electrons. The van der Waals surface area contributed by atoms with Crippen molar-refractivity contribution in [3.63, 3.8) is 0 Å². The van der Waals surface area contributed by atoms with E-state index in [1.54, 1.807) is 35.1 Å². The van der Waals surface area contributed by atoms with Gasteiger partial charge in [0.25, 0.3) is 5.91 Å². The first-order valence-corrected chi connectivity index (χ1v) is 10.1. The SMILES string of the molecule is CN1CCN(C(=O)c2ccncc2)C[C@H]1c1nnn2cc(-c3cccc(F)c3)ccc12. The van der Waals surface area contributed by atoms with E-state index in [9.17, 15) is 9.18 Å². The van der Waals surface area contributed by atoms with Crippen LogP contribution in [0, 0.1) is 5.82 Å². The standard InChI is InChI=1S/C23H21FN6O/c1-28-11-12-29(23(31)16-7-9-25-10-8-16)15-21(28)22-20-6-5-18(14-30(20)27-26-22)17-3-2-4-19(24)13-17/h2-10,13-14,21H,11-12,15H2,1H3/t21-/m0/s1. The Morgan fingerprint density at radius 2 is 1.90 bits per heavy atom. The van der Waals surface area contributed by atoms with Gasteiger partial charge in [-0.2, -0.15) is 0 Å². The lowest BCUT2D eigenvalue weighted by Crippen LogP contribution is -2.49. The second-order valence-electron chi connectivity index (χ2n) is 7.72. The molecule has 0 bridgehead atoms. The van der Waals surface area contributed by atoms with E-state index in [1.165, 1.54) is 12.1 Å². The van der Waals surface area contributed by atoms with Crippen molar-refractivity contribution in [2.45, 2.75) is 6.04 Å². The maximum Gasteiger partial charge on any atom is 0.254 e. The number of halogens is 1. The van der Waals surface area contributed by atoms with Crippen LogP contribution in [0.1, 0.15) is 22.1 Å². The molecule has 1 amide bonds. The second kappa shape index (κ2) is 7.88. The first kappa shape index (κ1) is 19.3. The fourth-order valence-electron chi connectivity index (χ4n) is 4.02. The van der Waals surface area contributed by atoms with Crippen LogP contribution < -0.4 is 0 Å². The van der Waals surface area contributed by atoms with Gasteiger partial charge in [-0.3, -0.25) is 14.7 Å². The number of amides is 1. The van der Waals surface area contributed by atoms with E-state index in [-0.39, 0.29) is 17.8 Å². The summed E-state index contributed by atoms with van der Waals surface area (Å²) in [6.45, 7) is 1.91. The molecule has 1 saturated heterocycles. The van der Waals surface area contributed by atoms with Crippen molar-refractivity contribution in [3.8, 4) is 11.1 Å². The summed E-state index contributed by atoms with van der Waals surface area (Å²) >= 11 is 0. The number of carbonyl (C=O) groups is 1. The van der Waals surface area contributed by atoms with Gasteiger partial charge in [-0.15, -0.1) is 5.10 Å². The lowest BCUT2D eigenvalue weighted by atomic mass is 10.0. The summed E-state index contributed by atoms with van der Waals surface area (Å²) in [5, 5.41) is 8.74. The molecule has 31 heavy (non-hydrogen) atoms. The molecule has 1 aromatic carbocycles. The van der Waals surface area contributed by atoms with E-state index in [0.29, 0.717) is 18.7 Å². The fraction of sp³-hybridized carbons (Fsp3) is 0.217. The van der Waals surface area contributed by atoms with Crippen molar-refractivity contribution in [2.24, 2.45) is 0 Å². The summed E-state index contributed by atoms with van der Waals surface area (Å²) in [5.74, 6) is -0.287. The first-order valence-electron chi connectivity index (χ1n) is 10.1. The topological polar surface area (TPSA) is 66.6 Å². The molecule has 0 unspecified atom stereocenters. The summed E-state index contributed by atoms with van der Waals surface area (Å²) in [7, 11) is 2.03. The molecule has 1 aliphatic rings. The first-order chi connectivity index (χ1) is 15.1. The van der Waals surface area contributed by atoms with Crippen LogP contribution in [-0.2, 0) is 0 Å². The molecule has 7 nitrogen and oxygen atoms in total. The molecule has 3 aromatic heterocycles. The van der Waals surface area contributed by atoms with Crippen molar-refractivity contribution in [2.75, 3.05) is 26.7 Å². The number of hydrogen-bond donors (Lipinski definition) is 0. The Morgan fingerprint density at radius 1 is 1.06 bits per heavy atom. The highest BCUT2D eigenvalue weighted by atomic mass is 19.1. The lowest BCUT2D eigenvalue weighted by Gasteiger charge is -2.38. The highest BCUT2D eigenvalue weighted by molar-refractivity contribution is 5.94. The third-order valence-electron chi connectivity index (χ3n) is 5.78. The predicted octanol–water partition coefficient (Wildman–Crippen LogP) is 3.06. The smallest absolute Gasteiger partial charge is 0.254 e. The summed E-state index contributed by atoms with van der Waals surface area (Å²) in [4.78, 5) is 21.0. The molecule has 0 radical (unpaired) electrons. The van der Waals surface area contributed by atoms with Crippen LogP contribution in [-0.4, -0.2) is 62.2 Å². The Kier molecular flexibility index (Phi) is 4.91. The average Bonchev–Trinajstić information content (AvgIpc) is 3.22. The maximum atomic E-state index is 13.6. The number of carbonyl (C=O) groups excluding carboxylic acids is 1. The third-order valence-corrected chi connectivity index (χ3v) is 5.78. The number of nitrogens with zero attached hydrogens (tertiary/aromatic N) is 6. The van der Waals surface area contributed by atoms with Gasteiger partial charge >= 0.3 is 0 Å². The number of piperazine rings is 1. The van der Waals surface area contributed by atoms with Crippen molar-refractivity contribution >= 4 is 11.4 Å². The van der Waals surface area contributed by atoms with Gasteiger partial charge in [0.2, 0.25) is 0 Å². The second-order valence-corrected chi connectivity index (χ2v) is 7.72. The Morgan fingerprint density at radius 3 is 2.71 bits per heavy atom. The zero-order chi connectivity index (χ0) is 21.4. The third kappa shape index (κ3) is 3.66. The Bertz CT molecular complexity index is 1240. The van der Waals surface area contributed by atoms with Crippen molar-refractivity contribution in [3.05, 3.63) is 84.2 Å². The van der Waals surface area contributed by atoms with Crippen LogP contribution in [0.25, 0.3) is 16.6 Å². The quantitative estimate of drug-likeness (QED) is 0.514. The van der Waals surface area contributed by atoms with Crippen LogP contribution in [0.5, 0.6) is 0 Å². The Hall–Kier alpha value is -3.65. The number of aromatic nitrogens is 4. The minimum absolute atomic E-state index is 0.00892. The van der Waals surface area contributed by atoms with Crippen LogP contribution in [0.3, 0.4) is 0 Å². The number of hydrogen-bond acceptors (Lipinski definition) is 5. The molecular formula is C23H21FN6O. The van der Waals surface area contributed by atoms with E-state index in [4.69, 9.17) is 0 Å². The minimum Gasteiger partial charge on any atom is -0.335 e. The molecule has 1 atom stereocenters. The van der Waals surface area contributed by atoms with Gasteiger partial charge in [-0.25, -0.2) is 8.91 Å². The van der Waals surface area contributed by atoms with E-state index >= 15 is 0 Å². The molecule has 8 heteroatoms. The van der Waals surface area contributed by atoms with E-state index in [2.05, 4.69) is 20.2 Å². The lowest BCUT2D eigenvalue weighted by molar-refractivity contribution is 0.0542. The van der Waals surface area contributed by atoms with Crippen LogP contribution in [0.4, 0.5) is 4.39 Å². The van der Waals surface area contributed by atoms with Crippen molar-refractivity contribution in [1.82, 2.24) is 29.6 Å². The monoisotopic (exact) mass is 416 g/mol. The van der Waals surface area contributed by atoms with Gasteiger partial charge in [0.05, 0.1) is 11.6 Å². The molecule has 1 fully saturated rings. The Labute approximate surface area is 178 Å². The van der Waals surface area contributed by atoms with Gasteiger partial charge in [-0.1, -0.05) is 23.4 Å². The molecule has 1 aliphatic heterocycles. The summed E-state index contributed by atoms with van der Waals surface area (Å²) < 4.78 is 15.3. The van der Waals surface area contributed by atoms with Gasteiger partial charge in [0.15, 0.2) is 0 Å². The maximum absolute atomic E-state index is 13.6. The van der Waals surface area contributed by atoms with Crippen LogP contribution in [0.2, 0.25) is 0 Å². The van der Waals surface area contributed by atoms with E-state index in [1.807, 2.05) is 36.3 Å². The van der Waals surface area contributed by atoms with Gasteiger partial charge < -0.3 is 4.90 Å². The molecular weight excluding hydrogens is 395 g/mol. The van der Waals surface area contributed by atoms with Crippen LogP contribution in [0.15, 0.2) is 67.1 Å². The van der Waals surface area contributed by atoms with Crippen molar-refractivity contribution < 1.29 is 9.18 Å². The predicted molar refractivity (Wildman–Crippen MR) is 114 cm³/mol. The molecule has 5 rings (SSSR count). The number of pyridine rings is 2. The molecule has 0 N–H and O–H groups in total. The van der Waals surface area contributed by atoms with E-state index in [0.717, 1.165) is 28.9 Å². The number of rotatable bonds is 3. The molecule has 4 heterocycles. The van der Waals surface area contributed by atoms with Gasteiger partial charge in [0.1, 0.15) is 11.5 Å². The summed E-state index contributed by atoms with van der Waals surface area (Å²) in [6, 6.07) is 13.8. The van der Waals surface area contributed by atoms with Crippen molar-refractivity contribution in [1.29, 1.82) is 0 Å². The zero-order valence-electron chi connectivity index (χ0n) is 17.0. The Balaban J connectivity index is 1.44. The van der Waals surface area contributed by atoms with Gasteiger partial charge in [-0.05, 0) is 42.9 Å². The number of benzene rings is 1. The molecule has 0 saturated carbocycles. The normalized spacial score (nSPS) is 17.2. The minimum atomic E-state index is -0.278. The largest absolute Gasteiger partial charge is 0.335 e. The van der Waals surface area contributed by atoms with E-state index < -0.39 is 0 Å². The highest BCUT2D eigenvalue weighted by Crippen LogP contribution is 2.28. The number of fused-ring (bicyclic) bond motifs is 1. The molecule has 0 spiro atoms. The molecule has 0 aliphatic carbocycles. The van der Waals surface area contributed by atoms with Gasteiger partial charge in [0, 0.05) is 49.4 Å². The zero-order valence-corrected chi connectivity index (χ0v) is 17.0. The van der Waals surface area contributed by atoms with Crippen LogP contribution >= 0.6 is 0 Å². The highest BCUT2D eigenvalue weighted by Gasteiger charge is 2.32. The fourth-order valence-corrected chi connectivity index (χ4v) is 4.02.